The molecule has 0 amide bonds. The Hall–Kier alpha value is -0.610. The van der Waals surface area contributed by atoms with Crippen LogP contribution in [0.4, 0.5) is 0 Å². The van der Waals surface area contributed by atoms with E-state index < -0.39 is 6.10 Å². The number of hydrogen-bond donors (Lipinski definition) is 1. The van der Waals surface area contributed by atoms with Crippen LogP contribution in [-0.4, -0.2) is 10.1 Å². The lowest BCUT2D eigenvalue weighted by Gasteiger charge is -2.10. The predicted octanol–water partition coefficient (Wildman–Crippen LogP) is 3.84. The second-order valence-corrected chi connectivity index (χ2v) is 5.08. The van der Waals surface area contributed by atoms with Gasteiger partial charge in [0.1, 0.15) is 6.10 Å². The highest BCUT2D eigenvalue weighted by Crippen LogP contribution is 2.31. The van der Waals surface area contributed by atoms with Crippen molar-refractivity contribution in [2.45, 2.75) is 13.0 Å². The van der Waals surface area contributed by atoms with E-state index in [4.69, 9.17) is 23.2 Å². The Morgan fingerprint density at radius 2 is 2.06 bits per heavy atom. The smallest absolute Gasteiger partial charge is 0.115 e. The maximum atomic E-state index is 10.1. The first-order valence-electron chi connectivity index (χ1n) is 4.62. The topological polar surface area (TPSA) is 33.1 Å². The Labute approximate surface area is 107 Å². The monoisotopic (exact) mass is 273 g/mol. The van der Waals surface area contributed by atoms with Crippen LogP contribution in [0.2, 0.25) is 10.0 Å². The number of benzene rings is 1. The largest absolute Gasteiger partial charge is 0.383 e. The van der Waals surface area contributed by atoms with E-state index in [-0.39, 0.29) is 0 Å². The van der Waals surface area contributed by atoms with Crippen LogP contribution in [0.25, 0.3) is 0 Å². The van der Waals surface area contributed by atoms with Gasteiger partial charge in [-0.2, -0.15) is 0 Å². The molecule has 84 valence electrons. The van der Waals surface area contributed by atoms with Gasteiger partial charge in [-0.15, -0.1) is 11.3 Å². The average Bonchev–Trinajstić information content (AvgIpc) is 2.67. The summed E-state index contributed by atoms with van der Waals surface area (Å²) < 4.78 is 0. The molecule has 0 bridgehead atoms. The van der Waals surface area contributed by atoms with Crippen molar-refractivity contribution >= 4 is 34.5 Å². The van der Waals surface area contributed by atoms with E-state index in [0.717, 1.165) is 16.1 Å². The second kappa shape index (κ2) is 4.72. The predicted molar refractivity (Wildman–Crippen MR) is 67.4 cm³/mol. The van der Waals surface area contributed by atoms with Gasteiger partial charge in [0.2, 0.25) is 0 Å². The Bertz CT molecular complexity index is 512. The minimum atomic E-state index is -0.692. The van der Waals surface area contributed by atoms with Crippen LogP contribution in [0.1, 0.15) is 22.2 Å². The van der Waals surface area contributed by atoms with Crippen LogP contribution in [-0.2, 0) is 0 Å². The fraction of sp³-hybridized carbons (Fsp3) is 0.182. The van der Waals surface area contributed by atoms with E-state index in [1.54, 1.807) is 23.7 Å². The normalized spacial score (nSPS) is 12.8. The highest BCUT2D eigenvalue weighted by Gasteiger charge is 2.16. The van der Waals surface area contributed by atoms with E-state index >= 15 is 0 Å². The first-order valence-corrected chi connectivity index (χ1v) is 6.26. The van der Waals surface area contributed by atoms with Crippen molar-refractivity contribution in [3.8, 4) is 0 Å². The molecule has 0 fully saturated rings. The molecule has 0 spiro atoms. The molecule has 0 aliphatic heterocycles. The van der Waals surface area contributed by atoms with Crippen molar-refractivity contribution < 1.29 is 5.11 Å². The third kappa shape index (κ3) is 2.23. The van der Waals surface area contributed by atoms with Crippen LogP contribution in [0, 0.1) is 6.92 Å². The van der Waals surface area contributed by atoms with Gasteiger partial charge in [-0.05, 0) is 24.6 Å². The maximum Gasteiger partial charge on any atom is 0.115 e. The van der Waals surface area contributed by atoms with Crippen LogP contribution >= 0.6 is 34.5 Å². The molecule has 1 unspecified atom stereocenters. The molecule has 16 heavy (non-hydrogen) atoms. The molecule has 1 atom stereocenters. The number of aliphatic hydroxyl groups excluding tert-OH is 1. The van der Waals surface area contributed by atoms with Crippen molar-refractivity contribution in [1.82, 2.24) is 4.98 Å². The fourth-order valence-corrected chi connectivity index (χ4v) is 2.53. The van der Waals surface area contributed by atoms with Crippen LogP contribution in [0.15, 0.2) is 23.7 Å². The molecular formula is C11H9Cl2NOS. The van der Waals surface area contributed by atoms with Gasteiger partial charge in [-0.1, -0.05) is 29.3 Å². The average molecular weight is 274 g/mol. The summed E-state index contributed by atoms with van der Waals surface area (Å²) in [6.45, 7) is 1.87. The number of halogens is 2. The first kappa shape index (κ1) is 11.9. The Morgan fingerprint density at radius 3 is 2.62 bits per heavy atom. The molecular weight excluding hydrogens is 265 g/mol. The van der Waals surface area contributed by atoms with Crippen molar-refractivity contribution in [3.05, 3.63) is 49.9 Å². The molecule has 1 aromatic heterocycles. The zero-order chi connectivity index (χ0) is 11.7. The second-order valence-electron chi connectivity index (χ2n) is 3.38. The molecule has 2 aromatic rings. The Balaban J connectivity index is 2.38. The van der Waals surface area contributed by atoms with Crippen molar-refractivity contribution in [2.24, 2.45) is 0 Å². The molecule has 0 radical (unpaired) electrons. The number of aryl methyl sites for hydroxylation is 1. The van der Waals surface area contributed by atoms with Gasteiger partial charge in [-0.25, -0.2) is 4.98 Å². The number of thiazole rings is 1. The van der Waals surface area contributed by atoms with Gasteiger partial charge in [0.15, 0.2) is 0 Å². The lowest BCUT2D eigenvalue weighted by molar-refractivity contribution is 0.223. The summed E-state index contributed by atoms with van der Waals surface area (Å²) in [5.41, 5.74) is 3.27. The fourth-order valence-electron chi connectivity index (χ4n) is 1.41. The first-order chi connectivity index (χ1) is 7.59. The van der Waals surface area contributed by atoms with Gasteiger partial charge in [0, 0.05) is 0 Å². The minimum Gasteiger partial charge on any atom is -0.383 e. The molecule has 0 saturated heterocycles. The number of rotatable bonds is 2. The van der Waals surface area contributed by atoms with Crippen molar-refractivity contribution in [1.29, 1.82) is 0 Å². The zero-order valence-corrected chi connectivity index (χ0v) is 10.8. The summed E-state index contributed by atoms with van der Waals surface area (Å²) in [7, 11) is 0. The van der Waals surface area contributed by atoms with Gasteiger partial charge >= 0.3 is 0 Å². The molecule has 0 aliphatic rings. The molecule has 0 saturated carbocycles. The van der Waals surface area contributed by atoms with Crippen LogP contribution < -0.4 is 0 Å². The highest BCUT2D eigenvalue weighted by atomic mass is 35.5. The minimum absolute atomic E-state index is 0.445. The molecule has 2 nitrogen and oxygen atoms in total. The van der Waals surface area contributed by atoms with Gasteiger partial charge in [-0.3, -0.25) is 0 Å². The lowest BCUT2D eigenvalue weighted by atomic mass is 10.1. The lowest BCUT2D eigenvalue weighted by Crippen LogP contribution is -1.99. The number of nitrogens with zero attached hydrogens (tertiary/aromatic N) is 1. The van der Waals surface area contributed by atoms with E-state index in [1.165, 1.54) is 11.3 Å². The van der Waals surface area contributed by atoms with Crippen LogP contribution in [0.3, 0.4) is 0 Å². The summed E-state index contributed by atoms with van der Waals surface area (Å²) in [4.78, 5) is 4.93. The van der Waals surface area contributed by atoms with Gasteiger partial charge < -0.3 is 5.11 Å². The maximum absolute atomic E-state index is 10.1. The SMILES string of the molecule is Cc1ncsc1C(O)c1ccc(Cl)c(Cl)c1. The summed E-state index contributed by atoms with van der Waals surface area (Å²) in [5.74, 6) is 0. The summed E-state index contributed by atoms with van der Waals surface area (Å²) in [5, 5.41) is 11.1. The van der Waals surface area contributed by atoms with Crippen molar-refractivity contribution in [2.75, 3.05) is 0 Å². The molecule has 2 rings (SSSR count). The number of aliphatic hydroxyl groups is 1. The van der Waals surface area contributed by atoms with E-state index in [9.17, 15) is 5.11 Å². The summed E-state index contributed by atoms with van der Waals surface area (Å²) in [6, 6.07) is 5.12. The highest BCUT2D eigenvalue weighted by molar-refractivity contribution is 7.09. The van der Waals surface area contributed by atoms with Crippen molar-refractivity contribution in [3.63, 3.8) is 0 Å². The number of aromatic nitrogens is 1. The molecule has 0 aliphatic carbocycles. The quantitative estimate of drug-likeness (QED) is 0.902. The Morgan fingerprint density at radius 1 is 1.31 bits per heavy atom. The van der Waals surface area contributed by atoms with E-state index in [0.29, 0.717) is 10.0 Å². The summed E-state index contributed by atoms with van der Waals surface area (Å²) >= 11 is 13.1. The van der Waals surface area contributed by atoms with Gasteiger partial charge in [0.25, 0.3) is 0 Å². The standard InChI is InChI=1S/C11H9Cl2NOS/c1-6-11(16-5-14-6)10(15)7-2-3-8(12)9(13)4-7/h2-5,10,15H,1H3. The zero-order valence-electron chi connectivity index (χ0n) is 8.45. The number of hydrogen-bond acceptors (Lipinski definition) is 3. The van der Waals surface area contributed by atoms with E-state index in [2.05, 4.69) is 4.98 Å². The molecule has 5 heteroatoms. The van der Waals surface area contributed by atoms with E-state index in [1.807, 2.05) is 6.92 Å². The molecule has 1 heterocycles. The van der Waals surface area contributed by atoms with Gasteiger partial charge in [0.05, 0.1) is 26.1 Å². The third-order valence-electron chi connectivity index (χ3n) is 2.29. The van der Waals surface area contributed by atoms with Crippen LogP contribution in [0.5, 0.6) is 0 Å². The molecule has 1 aromatic carbocycles. The Kier molecular flexibility index (Phi) is 3.50. The summed E-state index contributed by atoms with van der Waals surface area (Å²) in [6.07, 6.45) is -0.692. The molecule has 1 N–H and O–H groups in total. The third-order valence-corrected chi connectivity index (χ3v) is 4.01.